The first kappa shape index (κ1) is 17.6. The molecule has 0 amide bonds. The van der Waals surface area contributed by atoms with Crippen LogP contribution in [0.4, 0.5) is 11.6 Å². The minimum atomic E-state index is 0.286. The van der Waals surface area contributed by atoms with E-state index < -0.39 is 0 Å². The van der Waals surface area contributed by atoms with Crippen molar-refractivity contribution < 1.29 is 0 Å². The smallest absolute Gasteiger partial charge is 0.135 e. The number of hydrogen-bond acceptors (Lipinski definition) is 6. The van der Waals surface area contributed by atoms with Crippen LogP contribution >= 0.6 is 0 Å². The lowest BCUT2D eigenvalue weighted by Crippen LogP contribution is -2.25. The number of imidazole rings is 1. The van der Waals surface area contributed by atoms with Gasteiger partial charge in [-0.05, 0) is 44.9 Å². The molecule has 4 rings (SSSR count). The van der Waals surface area contributed by atoms with Gasteiger partial charge < -0.3 is 9.88 Å². The van der Waals surface area contributed by atoms with Crippen LogP contribution in [-0.2, 0) is 13.6 Å². The van der Waals surface area contributed by atoms with Crippen LogP contribution in [0.5, 0.6) is 0 Å². The normalized spacial score (nSPS) is 17.4. The van der Waals surface area contributed by atoms with Crippen molar-refractivity contribution in [3.05, 3.63) is 59.7 Å². The number of nitrogens with zero attached hydrogens (tertiary/aromatic N) is 6. The molecule has 1 aliphatic heterocycles. The highest BCUT2D eigenvalue weighted by Gasteiger charge is 2.28. The van der Waals surface area contributed by atoms with E-state index >= 15 is 0 Å². The van der Waals surface area contributed by atoms with Crippen LogP contribution in [0.15, 0.2) is 36.8 Å². The maximum absolute atomic E-state index is 4.74. The SMILES string of the molecule is Cc1nc(Nc2ncccc2C)cc(C2CCCN2Cc2nccn2C)n1. The van der Waals surface area contributed by atoms with Crippen molar-refractivity contribution in [1.82, 2.24) is 29.4 Å². The second-order valence-electron chi connectivity index (χ2n) is 7.10. The zero-order valence-corrected chi connectivity index (χ0v) is 16.1. The van der Waals surface area contributed by atoms with E-state index in [1.807, 2.05) is 45.4 Å². The number of aryl methyl sites for hydroxylation is 3. The molecule has 0 saturated carbocycles. The summed E-state index contributed by atoms with van der Waals surface area (Å²) in [6.07, 6.45) is 7.90. The fourth-order valence-corrected chi connectivity index (χ4v) is 3.64. The molecule has 1 atom stereocenters. The van der Waals surface area contributed by atoms with Crippen molar-refractivity contribution in [3.63, 3.8) is 0 Å². The van der Waals surface area contributed by atoms with Gasteiger partial charge in [0.2, 0.25) is 0 Å². The van der Waals surface area contributed by atoms with Gasteiger partial charge in [-0.3, -0.25) is 4.90 Å². The van der Waals surface area contributed by atoms with Crippen LogP contribution in [0.25, 0.3) is 0 Å². The Hall–Kier alpha value is -2.80. The van der Waals surface area contributed by atoms with Gasteiger partial charge >= 0.3 is 0 Å². The van der Waals surface area contributed by atoms with Crippen molar-refractivity contribution >= 4 is 11.6 Å². The lowest BCUT2D eigenvalue weighted by atomic mass is 10.1. The fourth-order valence-electron chi connectivity index (χ4n) is 3.64. The number of rotatable bonds is 5. The van der Waals surface area contributed by atoms with Crippen LogP contribution < -0.4 is 5.32 Å². The summed E-state index contributed by atoms with van der Waals surface area (Å²) in [7, 11) is 2.04. The summed E-state index contributed by atoms with van der Waals surface area (Å²) in [5.74, 6) is 3.48. The molecular weight excluding hydrogens is 338 g/mol. The van der Waals surface area contributed by atoms with Crippen molar-refractivity contribution in [2.45, 2.75) is 39.3 Å². The Morgan fingerprint density at radius 2 is 2.07 bits per heavy atom. The molecule has 140 valence electrons. The van der Waals surface area contributed by atoms with Crippen molar-refractivity contribution in [1.29, 1.82) is 0 Å². The minimum Gasteiger partial charge on any atom is -0.337 e. The Kier molecular flexibility index (Phi) is 4.85. The first-order valence-electron chi connectivity index (χ1n) is 9.34. The van der Waals surface area contributed by atoms with E-state index in [2.05, 4.69) is 35.8 Å². The number of hydrogen-bond donors (Lipinski definition) is 1. The molecule has 0 radical (unpaired) electrons. The van der Waals surface area contributed by atoms with E-state index in [-0.39, 0.29) is 6.04 Å². The molecule has 1 unspecified atom stereocenters. The predicted molar refractivity (Wildman–Crippen MR) is 105 cm³/mol. The van der Waals surface area contributed by atoms with Gasteiger partial charge in [-0.15, -0.1) is 0 Å². The average Bonchev–Trinajstić information content (AvgIpc) is 3.26. The number of pyridine rings is 1. The first-order chi connectivity index (χ1) is 13.1. The van der Waals surface area contributed by atoms with Gasteiger partial charge in [-0.2, -0.15) is 0 Å². The second-order valence-corrected chi connectivity index (χ2v) is 7.10. The van der Waals surface area contributed by atoms with Crippen LogP contribution in [0.2, 0.25) is 0 Å². The molecule has 1 N–H and O–H groups in total. The monoisotopic (exact) mass is 363 g/mol. The third kappa shape index (κ3) is 3.83. The quantitative estimate of drug-likeness (QED) is 0.750. The first-order valence-corrected chi connectivity index (χ1v) is 9.34. The molecule has 0 aliphatic carbocycles. The van der Waals surface area contributed by atoms with Crippen LogP contribution in [0.3, 0.4) is 0 Å². The van der Waals surface area contributed by atoms with Gasteiger partial charge in [-0.1, -0.05) is 6.07 Å². The average molecular weight is 363 g/mol. The fraction of sp³-hybridized carbons (Fsp3) is 0.400. The molecule has 1 saturated heterocycles. The Bertz CT molecular complexity index is 934. The summed E-state index contributed by atoms with van der Waals surface area (Å²) in [5, 5.41) is 3.35. The maximum atomic E-state index is 4.74. The Morgan fingerprint density at radius 3 is 2.85 bits per heavy atom. The summed E-state index contributed by atoms with van der Waals surface area (Å²) in [4.78, 5) is 20.6. The number of likely N-dealkylation sites (tertiary alicyclic amines) is 1. The minimum absolute atomic E-state index is 0.286. The number of nitrogens with one attached hydrogen (secondary N) is 1. The highest BCUT2D eigenvalue weighted by Crippen LogP contribution is 2.33. The number of anilines is 2. The van der Waals surface area contributed by atoms with Crippen LogP contribution in [0.1, 0.15) is 41.8 Å². The zero-order chi connectivity index (χ0) is 18.8. The summed E-state index contributed by atoms with van der Waals surface area (Å²) < 4.78 is 2.08. The molecule has 1 aliphatic rings. The molecule has 27 heavy (non-hydrogen) atoms. The van der Waals surface area contributed by atoms with Crippen molar-refractivity contribution in [3.8, 4) is 0 Å². The molecule has 0 spiro atoms. The van der Waals surface area contributed by atoms with E-state index in [0.717, 1.165) is 54.1 Å². The Morgan fingerprint density at radius 1 is 1.19 bits per heavy atom. The van der Waals surface area contributed by atoms with Gasteiger partial charge in [0.05, 0.1) is 18.3 Å². The molecule has 3 aromatic rings. The van der Waals surface area contributed by atoms with E-state index in [4.69, 9.17) is 4.98 Å². The van der Waals surface area contributed by atoms with E-state index in [0.29, 0.717) is 0 Å². The molecular formula is C20H25N7. The maximum Gasteiger partial charge on any atom is 0.135 e. The topological polar surface area (TPSA) is 71.8 Å². The summed E-state index contributed by atoms with van der Waals surface area (Å²) in [6.45, 7) is 5.87. The standard InChI is InChI=1S/C20H25N7/c1-14-6-4-8-22-20(14)25-18-12-16(23-15(2)24-18)17-7-5-10-27(17)13-19-21-9-11-26(19)3/h4,6,8-9,11-12,17H,5,7,10,13H2,1-3H3,(H,22,23,24,25). The molecule has 7 heteroatoms. The highest BCUT2D eigenvalue weighted by molar-refractivity contribution is 5.55. The largest absolute Gasteiger partial charge is 0.337 e. The summed E-state index contributed by atoms with van der Waals surface area (Å²) >= 11 is 0. The molecule has 0 aromatic carbocycles. The van der Waals surface area contributed by atoms with Gasteiger partial charge in [0.25, 0.3) is 0 Å². The van der Waals surface area contributed by atoms with Gasteiger partial charge in [0.1, 0.15) is 23.3 Å². The van der Waals surface area contributed by atoms with Gasteiger partial charge in [-0.25, -0.2) is 19.9 Å². The lowest BCUT2D eigenvalue weighted by Gasteiger charge is -2.24. The summed E-state index contributed by atoms with van der Waals surface area (Å²) in [6, 6.07) is 6.32. The van der Waals surface area contributed by atoms with Crippen molar-refractivity contribution in [2.75, 3.05) is 11.9 Å². The summed E-state index contributed by atoms with van der Waals surface area (Å²) in [5.41, 5.74) is 2.15. The van der Waals surface area contributed by atoms with Gasteiger partial charge in [0, 0.05) is 31.7 Å². The van der Waals surface area contributed by atoms with E-state index in [1.54, 1.807) is 6.20 Å². The predicted octanol–water partition coefficient (Wildman–Crippen LogP) is 3.30. The molecule has 1 fully saturated rings. The third-order valence-electron chi connectivity index (χ3n) is 5.08. The zero-order valence-electron chi connectivity index (χ0n) is 16.1. The van der Waals surface area contributed by atoms with Crippen LogP contribution in [0, 0.1) is 13.8 Å². The van der Waals surface area contributed by atoms with E-state index in [9.17, 15) is 0 Å². The third-order valence-corrected chi connectivity index (χ3v) is 5.08. The van der Waals surface area contributed by atoms with Gasteiger partial charge in [0.15, 0.2) is 0 Å². The Labute approximate surface area is 159 Å². The highest BCUT2D eigenvalue weighted by atomic mass is 15.2. The molecule has 4 heterocycles. The van der Waals surface area contributed by atoms with E-state index in [1.165, 1.54) is 6.42 Å². The lowest BCUT2D eigenvalue weighted by molar-refractivity contribution is 0.235. The van der Waals surface area contributed by atoms with Crippen molar-refractivity contribution in [2.24, 2.45) is 7.05 Å². The molecule has 0 bridgehead atoms. The second kappa shape index (κ2) is 7.44. The Balaban J connectivity index is 1.58. The van der Waals surface area contributed by atoms with Crippen LogP contribution in [-0.4, -0.2) is 35.9 Å². The molecule has 7 nitrogen and oxygen atoms in total. The molecule has 3 aromatic heterocycles. The number of aromatic nitrogens is 5.